The van der Waals surface area contributed by atoms with Crippen LogP contribution in [0.5, 0.6) is 0 Å². The molecule has 3 aromatic rings. The van der Waals surface area contributed by atoms with Gasteiger partial charge in [-0.2, -0.15) is 0 Å². The number of aryl methyl sites for hydroxylation is 1. The SMILES string of the molecule is Cc1ccccc1[C@@H]1CCCN1Cc1coc(-c2cccs2)n1. The molecule has 0 aliphatic carbocycles. The fourth-order valence-corrected chi connectivity index (χ4v) is 4.08. The Labute approximate surface area is 140 Å². The summed E-state index contributed by atoms with van der Waals surface area (Å²) in [6.07, 6.45) is 4.28. The molecular weight excluding hydrogens is 304 g/mol. The van der Waals surface area contributed by atoms with E-state index in [4.69, 9.17) is 4.42 Å². The van der Waals surface area contributed by atoms with Gasteiger partial charge in [0.2, 0.25) is 5.89 Å². The summed E-state index contributed by atoms with van der Waals surface area (Å²) in [5, 5.41) is 2.05. The molecule has 0 N–H and O–H groups in total. The highest BCUT2D eigenvalue weighted by molar-refractivity contribution is 7.13. The molecule has 4 heteroatoms. The van der Waals surface area contributed by atoms with Gasteiger partial charge in [0.1, 0.15) is 6.26 Å². The van der Waals surface area contributed by atoms with E-state index in [9.17, 15) is 0 Å². The maximum Gasteiger partial charge on any atom is 0.236 e. The number of oxazole rings is 1. The van der Waals surface area contributed by atoms with Crippen LogP contribution >= 0.6 is 11.3 Å². The highest BCUT2D eigenvalue weighted by Crippen LogP contribution is 2.35. The largest absolute Gasteiger partial charge is 0.444 e. The molecule has 1 atom stereocenters. The summed E-state index contributed by atoms with van der Waals surface area (Å²) in [4.78, 5) is 8.29. The predicted octanol–water partition coefficient (Wildman–Crippen LogP) is 5.05. The number of benzene rings is 1. The molecule has 1 saturated heterocycles. The molecule has 0 unspecified atom stereocenters. The maximum atomic E-state index is 5.66. The fraction of sp³-hybridized carbons (Fsp3) is 0.316. The lowest BCUT2D eigenvalue weighted by Gasteiger charge is -2.25. The van der Waals surface area contributed by atoms with Crippen molar-refractivity contribution >= 4 is 11.3 Å². The number of hydrogen-bond acceptors (Lipinski definition) is 4. The summed E-state index contributed by atoms with van der Waals surface area (Å²) >= 11 is 1.66. The summed E-state index contributed by atoms with van der Waals surface area (Å²) in [6.45, 7) is 4.19. The van der Waals surface area contributed by atoms with Crippen molar-refractivity contribution < 1.29 is 4.42 Å². The van der Waals surface area contributed by atoms with E-state index in [1.807, 2.05) is 23.8 Å². The van der Waals surface area contributed by atoms with E-state index in [-0.39, 0.29) is 0 Å². The van der Waals surface area contributed by atoms with Crippen molar-refractivity contribution in [3.05, 3.63) is 64.9 Å². The van der Waals surface area contributed by atoms with Crippen molar-refractivity contribution in [2.24, 2.45) is 0 Å². The lowest BCUT2D eigenvalue weighted by molar-refractivity contribution is 0.245. The molecule has 4 rings (SSSR count). The third kappa shape index (κ3) is 2.96. The van der Waals surface area contributed by atoms with Gasteiger partial charge in [-0.3, -0.25) is 4.90 Å². The van der Waals surface area contributed by atoms with E-state index in [0.717, 1.165) is 29.6 Å². The Morgan fingerprint density at radius 3 is 3.00 bits per heavy atom. The van der Waals surface area contributed by atoms with Crippen LogP contribution in [0.15, 0.2) is 52.5 Å². The lowest BCUT2D eigenvalue weighted by atomic mass is 9.99. The summed E-state index contributed by atoms with van der Waals surface area (Å²) in [7, 11) is 0. The Hall–Kier alpha value is -1.91. The number of hydrogen-bond donors (Lipinski definition) is 0. The van der Waals surface area contributed by atoms with Crippen LogP contribution in [0.2, 0.25) is 0 Å². The van der Waals surface area contributed by atoms with Crippen molar-refractivity contribution in [2.75, 3.05) is 6.54 Å². The second-order valence-corrected chi connectivity index (χ2v) is 7.05. The Bertz CT molecular complexity index is 778. The molecule has 3 nitrogen and oxygen atoms in total. The van der Waals surface area contributed by atoms with Crippen molar-refractivity contribution in [1.82, 2.24) is 9.88 Å². The molecule has 2 aromatic heterocycles. The predicted molar refractivity (Wildman–Crippen MR) is 93.4 cm³/mol. The molecule has 3 heterocycles. The van der Waals surface area contributed by atoms with Crippen molar-refractivity contribution in [3.63, 3.8) is 0 Å². The quantitative estimate of drug-likeness (QED) is 0.672. The van der Waals surface area contributed by atoms with Crippen LogP contribution in [0.1, 0.15) is 35.7 Å². The number of likely N-dealkylation sites (tertiary alicyclic amines) is 1. The van der Waals surface area contributed by atoms with Crippen LogP contribution in [0.4, 0.5) is 0 Å². The van der Waals surface area contributed by atoms with E-state index in [0.29, 0.717) is 6.04 Å². The first-order chi connectivity index (χ1) is 11.3. The van der Waals surface area contributed by atoms with Gasteiger partial charge >= 0.3 is 0 Å². The Balaban J connectivity index is 1.53. The molecule has 0 bridgehead atoms. The van der Waals surface area contributed by atoms with Gasteiger partial charge in [-0.1, -0.05) is 30.3 Å². The highest BCUT2D eigenvalue weighted by Gasteiger charge is 2.27. The zero-order valence-electron chi connectivity index (χ0n) is 13.2. The third-order valence-corrected chi connectivity index (χ3v) is 5.42. The average molecular weight is 324 g/mol. The van der Waals surface area contributed by atoms with Gasteiger partial charge in [-0.05, 0) is 48.9 Å². The molecule has 0 amide bonds. The lowest BCUT2D eigenvalue weighted by Crippen LogP contribution is -2.23. The fourth-order valence-electron chi connectivity index (χ4n) is 3.43. The number of rotatable bonds is 4. The topological polar surface area (TPSA) is 29.3 Å². The molecule has 0 saturated carbocycles. The zero-order chi connectivity index (χ0) is 15.6. The molecule has 0 spiro atoms. The van der Waals surface area contributed by atoms with Crippen molar-refractivity contribution in [1.29, 1.82) is 0 Å². The summed E-state index contributed by atoms with van der Waals surface area (Å²) < 4.78 is 5.66. The summed E-state index contributed by atoms with van der Waals surface area (Å²) in [5.41, 5.74) is 3.85. The normalized spacial score (nSPS) is 18.6. The minimum atomic E-state index is 0.498. The van der Waals surface area contributed by atoms with E-state index < -0.39 is 0 Å². The zero-order valence-corrected chi connectivity index (χ0v) is 14.1. The third-order valence-electron chi connectivity index (χ3n) is 4.56. The molecular formula is C19H20N2OS. The number of aromatic nitrogens is 1. The molecule has 1 aliphatic heterocycles. The summed E-state index contributed by atoms with van der Waals surface area (Å²) in [5.74, 6) is 0.738. The van der Waals surface area contributed by atoms with Gasteiger partial charge in [0.05, 0.1) is 10.6 Å². The molecule has 118 valence electrons. The first-order valence-corrected chi connectivity index (χ1v) is 8.97. The second kappa shape index (κ2) is 6.30. The van der Waals surface area contributed by atoms with Crippen LogP contribution < -0.4 is 0 Å². The van der Waals surface area contributed by atoms with Gasteiger partial charge in [0.15, 0.2) is 0 Å². The molecule has 23 heavy (non-hydrogen) atoms. The minimum Gasteiger partial charge on any atom is -0.444 e. The van der Waals surface area contributed by atoms with Crippen LogP contribution in [0.3, 0.4) is 0 Å². The van der Waals surface area contributed by atoms with E-state index >= 15 is 0 Å². The van der Waals surface area contributed by atoms with Crippen molar-refractivity contribution in [3.8, 4) is 10.8 Å². The molecule has 1 aromatic carbocycles. The van der Waals surface area contributed by atoms with Crippen LogP contribution in [-0.2, 0) is 6.54 Å². The van der Waals surface area contributed by atoms with Gasteiger partial charge in [-0.25, -0.2) is 4.98 Å². The van der Waals surface area contributed by atoms with Gasteiger partial charge in [0, 0.05) is 12.6 Å². The van der Waals surface area contributed by atoms with E-state index in [1.54, 1.807) is 11.3 Å². The average Bonchev–Trinajstić information content (AvgIpc) is 3.29. The second-order valence-electron chi connectivity index (χ2n) is 6.11. The van der Waals surface area contributed by atoms with Crippen LogP contribution in [0.25, 0.3) is 10.8 Å². The standard InChI is InChI=1S/C19H20N2OS/c1-14-6-2-3-7-16(14)17-8-4-10-21(17)12-15-13-22-19(20-15)18-9-5-11-23-18/h2-3,5-7,9,11,13,17H,4,8,10,12H2,1H3/t17-/m0/s1. The van der Waals surface area contributed by atoms with Gasteiger partial charge in [0.25, 0.3) is 0 Å². The number of nitrogens with zero attached hydrogens (tertiary/aromatic N) is 2. The van der Waals surface area contributed by atoms with Crippen LogP contribution in [-0.4, -0.2) is 16.4 Å². The Morgan fingerprint density at radius 1 is 1.26 bits per heavy atom. The Morgan fingerprint density at radius 2 is 2.17 bits per heavy atom. The van der Waals surface area contributed by atoms with Crippen LogP contribution in [0, 0.1) is 6.92 Å². The van der Waals surface area contributed by atoms with Gasteiger partial charge in [-0.15, -0.1) is 11.3 Å². The first-order valence-electron chi connectivity index (χ1n) is 8.09. The number of thiophene rings is 1. The summed E-state index contributed by atoms with van der Waals surface area (Å²) in [6, 6.07) is 13.3. The maximum absolute atomic E-state index is 5.66. The smallest absolute Gasteiger partial charge is 0.236 e. The molecule has 0 radical (unpaired) electrons. The molecule has 1 aliphatic rings. The van der Waals surface area contributed by atoms with Gasteiger partial charge < -0.3 is 4.42 Å². The molecule has 1 fully saturated rings. The monoisotopic (exact) mass is 324 g/mol. The van der Waals surface area contributed by atoms with E-state index in [2.05, 4.69) is 41.1 Å². The van der Waals surface area contributed by atoms with Crippen molar-refractivity contribution in [2.45, 2.75) is 32.4 Å². The van der Waals surface area contributed by atoms with E-state index in [1.165, 1.54) is 24.0 Å². The highest BCUT2D eigenvalue weighted by atomic mass is 32.1. The Kier molecular flexibility index (Phi) is 4.02. The minimum absolute atomic E-state index is 0.498. The first kappa shape index (κ1) is 14.7.